The molecule has 0 fully saturated rings. The summed E-state index contributed by atoms with van der Waals surface area (Å²) in [6.07, 6.45) is 3.72. The van der Waals surface area contributed by atoms with Gasteiger partial charge in [-0.15, -0.1) is 0 Å². The number of nitrogens with two attached hydrogens (primary N) is 1. The van der Waals surface area contributed by atoms with Crippen LogP contribution in [-0.4, -0.2) is 26.7 Å². The zero-order valence-corrected chi connectivity index (χ0v) is 16.9. The third-order valence-electron chi connectivity index (χ3n) is 4.77. The first-order chi connectivity index (χ1) is 13.9. The van der Waals surface area contributed by atoms with Crippen LogP contribution in [0.3, 0.4) is 0 Å². The molecule has 0 spiro atoms. The number of rotatable bonds is 9. The number of aromatic nitrogens is 2. The van der Waals surface area contributed by atoms with E-state index in [4.69, 9.17) is 22.1 Å². The predicted octanol–water partition coefficient (Wildman–Crippen LogP) is 3.77. The Labute approximate surface area is 174 Å². The first kappa shape index (κ1) is 20.9. The number of imidazole rings is 1. The normalized spacial score (nSPS) is 13.1. The largest absolute Gasteiger partial charge is 0.489 e. The lowest BCUT2D eigenvalue weighted by molar-refractivity contribution is 0.0994. The van der Waals surface area contributed by atoms with Crippen molar-refractivity contribution in [2.45, 2.75) is 38.5 Å². The molecule has 0 aliphatic heterocycles. The Morgan fingerprint density at radius 2 is 2.03 bits per heavy atom. The number of aliphatic hydroxyl groups excluding tert-OH is 1. The van der Waals surface area contributed by atoms with E-state index in [0.29, 0.717) is 30.2 Å². The van der Waals surface area contributed by atoms with Crippen molar-refractivity contribution >= 4 is 17.5 Å². The van der Waals surface area contributed by atoms with Crippen molar-refractivity contribution in [3.8, 4) is 5.75 Å². The topological polar surface area (TPSA) is 90.4 Å². The van der Waals surface area contributed by atoms with Crippen molar-refractivity contribution in [1.82, 2.24) is 9.55 Å². The van der Waals surface area contributed by atoms with E-state index in [0.717, 1.165) is 11.1 Å². The molecule has 7 heteroatoms. The highest BCUT2D eigenvalue weighted by atomic mass is 35.5. The van der Waals surface area contributed by atoms with Gasteiger partial charge in [-0.3, -0.25) is 4.79 Å². The van der Waals surface area contributed by atoms with E-state index in [1.165, 1.54) is 6.33 Å². The van der Waals surface area contributed by atoms with Crippen LogP contribution in [0.1, 0.15) is 41.0 Å². The van der Waals surface area contributed by atoms with Gasteiger partial charge in [-0.25, -0.2) is 4.98 Å². The zero-order chi connectivity index (χ0) is 20.8. The second-order valence-electron chi connectivity index (χ2n) is 6.94. The van der Waals surface area contributed by atoms with Gasteiger partial charge < -0.3 is 20.1 Å². The lowest BCUT2D eigenvalue weighted by Gasteiger charge is -2.22. The smallest absolute Gasteiger partial charge is 0.268 e. The van der Waals surface area contributed by atoms with Gasteiger partial charge in [0.1, 0.15) is 18.1 Å². The zero-order valence-electron chi connectivity index (χ0n) is 16.2. The summed E-state index contributed by atoms with van der Waals surface area (Å²) in [5.41, 5.74) is 7.51. The molecule has 3 rings (SSSR count). The minimum Gasteiger partial charge on any atom is -0.489 e. The van der Waals surface area contributed by atoms with Gasteiger partial charge in [-0.1, -0.05) is 48.0 Å². The SMILES string of the molecule is CC(O)C(CCc1ccc(Cl)cc1OCc1ccccc1)n1cnc(C(N)=O)c1. The third kappa shape index (κ3) is 5.59. The Hall–Kier alpha value is -2.83. The molecule has 3 aromatic rings. The van der Waals surface area contributed by atoms with E-state index in [2.05, 4.69) is 4.98 Å². The molecule has 3 N–H and O–H groups in total. The average Bonchev–Trinajstić information content (AvgIpc) is 3.18. The first-order valence-electron chi connectivity index (χ1n) is 9.40. The molecule has 29 heavy (non-hydrogen) atoms. The van der Waals surface area contributed by atoms with E-state index < -0.39 is 12.0 Å². The van der Waals surface area contributed by atoms with Gasteiger partial charge in [-0.05, 0) is 43.0 Å². The number of aryl methyl sites for hydroxylation is 1. The van der Waals surface area contributed by atoms with Crippen molar-refractivity contribution in [3.05, 3.63) is 82.9 Å². The highest BCUT2D eigenvalue weighted by molar-refractivity contribution is 6.30. The summed E-state index contributed by atoms with van der Waals surface area (Å²) in [4.78, 5) is 15.3. The second kappa shape index (κ2) is 9.58. The van der Waals surface area contributed by atoms with Crippen LogP contribution in [0, 0.1) is 0 Å². The van der Waals surface area contributed by atoms with Gasteiger partial charge >= 0.3 is 0 Å². The van der Waals surface area contributed by atoms with Crippen LogP contribution in [0.2, 0.25) is 5.02 Å². The summed E-state index contributed by atoms with van der Waals surface area (Å²) < 4.78 is 7.74. The van der Waals surface area contributed by atoms with E-state index in [9.17, 15) is 9.90 Å². The molecule has 1 aromatic heterocycles. The van der Waals surface area contributed by atoms with Crippen molar-refractivity contribution in [3.63, 3.8) is 0 Å². The number of hydrogen-bond donors (Lipinski definition) is 2. The van der Waals surface area contributed by atoms with E-state index in [-0.39, 0.29) is 11.7 Å². The summed E-state index contributed by atoms with van der Waals surface area (Å²) in [6, 6.07) is 15.2. The Morgan fingerprint density at radius 1 is 1.28 bits per heavy atom. The van der Waals surface area contributed by atoms with Crippen LogP contribution in [0.4, 0.5) is 0 Å². The molecule has 2 atom stereocenters. The summed E-state index contributed by atoms with van der Waals surface area (Å²) in [5, 5.41) is 10.8. The molecule has 1 heterocycles. The van der Waals surface area contributed by atoms with Gasteiger partial charge in [0.25, 0.3) is 5.91 Å². The quantitative estimate of drug-likeness (QED) is 0.558. The van der Waals surface area contributed by atoms with Crippen LogP contribution in [0.5, 0.6) is 5.75 Å². The number of amides is 1. The highest BCUT2D eigenvalue weighted by Gasteiger charge is 2.19. The van der Waals surface area contributed by atoms with Crippen molar-refractivity contribution in [2.24, 2.45) is 5.73 Å². The molecule has 0 bridgehead atoms. The minimum absolute atomic E-state index is 0.175. The van der Waals surface area contributed by atoms with Gasteiger partial charge in [0.15, 0.2) is 0 Å². The Morgan fingerprint density at radius 3 is 2.69 bits per heavy atom. The molecule has 2 unspecified atom stereocenters. The standard InChI is InChI=1S/C22H24ClN3O3/c1-15(27)20(26-12-19(22(24)28)25-14-26)10-8-17-7-9-18(23)11-21(17)29-13-16-5-3-2-4-6-16/h2-7,9,11-12,14-15,20,27H,8,10,13H2,1H3,(H2,24,28). The Kier molecular flexibility index (Phi) is 6.90. The summed E-state index contributed by atoms with van der Waals surface area (Å²) in [7, 11) is 0. The van der Waals surface area contributed by atoms with Gasteiger partial charge in [0.2, 0.25) is 0 Å². The molecule has 0 radical (unpaired) electrons. The fourth-order valence-corrected chi connectivity index (χ4v) is 3.35. The van der Waals surface area contributed by atoms with Crippen LogP contribution in [0.15, 0.2) is 61.1 Å². The minimum atomic E-state index is -0.633. The molecule has 1 amide bonds. The van der Waals surface area contributed by atoms with Crippen molar-refractivity contribution in [1.29, 1.82) is 0 Å². The van der Waals surface area contributed by atoms with Crippen LogP contribution in [0.25, 0.3) is 0 Å². The van der Waals surface area contributed by atoms with Gasteiger partial charge in [0, 0.05) is 11.2 Å². The number of ether oxygens (including phenoxy) is 1. The van der Waals surface area contributed by atoms with Crippen molar-refractivity contribution < 1.29 is 14.6 Å². The number of carbonyl (C=O) groups excluding carboxylic acids is 1. The summed E-state index contributed by atoms with van der Waals surface area (Å²) in [5.74, 6) is 0.122. The maximum absolute atomic E-state index is 11.3. The molecule has 2 aromatic carbocycles. The van der Waals surface area contributed by atoms with Crippen LogP contribution in [-0.2, 0) is 13.0 Å². The third-order valence-corrected chi connectivity index (χ3v) is 5.00. The van der Waals surface area contributed by atoms with E-state index in [1.54, 1.807) is 23.8 Å². The molecular formula is C22H24ClN3O3. The van der Waals surface area contributed by atoms with Crippen LogP contribution < -0.4 is 10.5 Å². The summed E-state index contributed by atoms with van der Waals surface area (Å²) >= 11 is 6.16. The number of benzene rings is 2. The monoisotopic (exact) mass is 413 g/mol. The maximum atomic E-state index is 11.3. The number of halogens is 1. The fourth-order valence-electron chi connectivity index (χ4n) is 3.19. The number of nitrogens with zero attached hydrogens (tertiary/aromatic N) is 2. The van der Waals surface area contributed by atoms with Gasteiger partial charge in [-0.2, -0.15) is 0 Å². The average molecular weight is 414 g/mol. The van der Waals surface area contributed by atoms with Crippen molar-refractivity contribution in [2.75, 3.05) is 0 Å². The lowest BCUT2D eigenvalue weighted by atomic mass is 10.0. The molecule has 152 valence electrons. The Bertz CT molecular complexity index is 957. The fraction of sp³-hybridized carbons (Fsp3) is 0.273. The second-order valence-corrected chi connectivity index (χ2v) is 7.38. The molecular weight excluding hydrogens is 390 g/mol. The van der Waals surface area contributed by atoms with Gasteiger partial charge in [0.05, 0.1) is 18.5 Å². The number of primary amides is 1. The van der Waals surface area contributed by atoms with E-state index >= 15 is 0 Å². The predicted molar refractivity (Wildman–Crippen MR) is 112 cm³/mol. The molecule has 0 aliphatic carbocycles. The molecule has 0 saturated heterocycles. The molecule has 0 saturated carbocycles. The Balaban J connectivity index is 1.73. The lowest BCUT2D eigenvalue weighted by Crippen LogP contribution is -2.21. The molecule has 0 aliphatic rings. The first-order valence-corrected chi connectivity index (χ1v) is 9.78. The number of hydrogen-bond acceptors (Lipinski definition) is 4. The highest BCUT2D eigenvalue weighted by Crippen LogP contribution is 2.28. The number of carbonyl (C=O) groups is 1. The number of aliphatic hydroxyl groups is 1. The molecule has 6 nitrogen and oxygen atoms in total. The summed E-state index contributed by atoms with van der Waals surface area (Å²) in [6.45, 7) is 2.15. The van der Waals surface area contributed by atoms with E-state index in [1.807, 2.05) is 42.5 Å². The van der Waals surface area contributed by atoms with Crippen LogP contribution >= 0.6 is 11.6 Å². The maximum Gasteiger partial charge on any atom is 0.268 e.